The van der Waals surface area contributed by atoms with Gasteiger partial charge in [0, 0.05) is 29.8 Å². The van der Waals surface area contributed by atoms with E-state index in [1.54, 1.807) is 60.8 Å². The first-order valence-electron chi connectivity index (χ1n) is 11.2. The molecule has 0 radical (unpaired) electrons. The van der Waals surface area contributed by atoms with Gasteiger partial charge in [-0.05, 0) is 55.0 Å². The number of anilines is 1. The van der Waals surface area contributed by atoms with Crippen LogP contribution in [0.1, 0.15) is 29.7 Å². The van der Waals surface area contributed by atoms with E-state index in [0.717, 1.165) is 11.3 Å². The van der Waals surface area contributed by atoms with Crippen molar-refractivity contribution in [1.82, 2.24) is 4.98 Å². The summed E-state index contributed by atoms with van der Waals surface area (Å²) in [6.07, 6.45) is 2.26. The van der Waals surface area contributed by atoms with Crippen molar-refractivity contribution < 1.29 is 28.9 Å². The topological polar surface area (TPSA) is 98.2 Å². The summed E-state index contributed by atoms with van der Waals surface area (Å²) in [5.74, 6) is 0.121. The number of nitrogens with zero attached hydrogens (tertiary/aromatic N) is 2. The van der Waals surface area contributed by atoms with Gasteiger partial charge in [-0.25, -0.2) is 4.98 Å². The Labute approximate surface area is 202 Å². The molecule has 1 amide bonds. The molecule has 2 unspecified atom stereocenters. The number of aliphatic hydroxyl groups excluding tert-OH is 1. The number of rotatable bonds is 5. The number of amides is 1. The maximum Gasteiger partial charge on any atom is 0.301 e. The highest BCUT2D eigenvalue weighted by molar-refractivity contribution is 6.51. The molecule has 3 heterocycles. The van der Waals surface area contributed by atoms with Gasteiger partial charge in [0.25, 0.3) is 5.78 Å². The van der Waals surface area contributed by atoms with E-state index >= 15 is 0 Å². The smallest absolute Gasteiger partial charge is 0.301 e. The number of methoxy groups -OCH3 is 2. The molecule has 5 rings (SSSR count). The maximum atomic E-state index is 13.4. The molecule has 1 saturated heterocycles. The third-order valence-corrected chi connectivity index (χ3v) is 6.25. The van der Waals surface area contributed by atoms with Crippen molar-refractivity contribution in [3.63, 3.8) is 0 Å². The summed E-state index contributed by atoms with van der Waals surface area (Å²) in [4.78, 5) is 32.3. The number of hydrogen-bond acceptors (Lipinski definition) is 7. The van der Waals surface area contributed by atoms with Gasteiger partial charge in [-0.2, -0.15) is 0 Å². The van der Waals surface area contributed by atoms with Crippen LogP contribution in [0.3, 0.4) is 0 Å². The Hall–Kier alpha value is -4.33. The van der Waals surface area contributed by atoms with Crippen LogP contribution in [-0.2, 0) is 16.0 Å². The normalized spacial score (nSPS) is 20.5. The third-order valence-electron chi connectivity index (χ3n) is 6.25. The molecule has 8 heteroatoms. The van der Waals surface area contributed by atoms with Crippen LogP contribution < -0.4 is 19.1 Å². The largest absolute Gasteiger partial charge is 0.507 e. The average Bonchev–Trinajstić information content (AvgIpc) is 3.38. The molecule has 0 spiro atoms. The van der Waals surface area contributed by atoms with Crippen molar-refractivity contribution in [3.8, 4) is 17.2 Å². The zero-order chi connectivity index (χ0) is 24.7. The molecule has 1 fully saturated rings. The highest BCUT2D eigenvalue weighted by Crippen LogP contribution is 2.45. The van der Waals surface area contributed by atoms with E-state index in [1.165, 1.54) is 19.1 Å². The summed E-state index contributed by atoms with van der Waals surface area (Å²) in [5.41, 5.74) is 1.82. The van der Waals surface area contributed by atoms with Gasteiger partial charge in [0.15, 0.2) is 0 Å². The zero-order valence-corrected chi connectivity index (χ0v) is 19.5. The molecule has 0 aliphatic carbocycles. The Kier molecular flexibility index (Phi) is 5.64. The van der Waals surface area contributed by atoms with Gasteiger partial charge in [-0.15, -0.1) is 0 Å². The predicted molar refractivity (Wildman–Crippen MR) is 129 cm³/mol. The molecule has 2 atom stereocenters. The minimum absolute atomic E-state index is 0.0284. The Morgan fingerprint density at radius 2 is 1.91 bits per heavy atom. The molecule has 0 bridgehead atoms. The quantitative estimate of drug-likeness (QED) is 0.340. The highest BCUT2D eigenvalue weighted by Gasteiger charge is 2.48. The van der Waals surface area contributed by atoms with Crippen molar-refractivity contribution in [1.29, 1.82) is 0 Å². The number of Topliss-reactive ketones (excluding diaryl/α,β-unsaturated/α-hetero) is 1. The van der Waals surface area contributed by atoms with Gasteiger partial charge in [-0.1, -0.05) is 6.07 Å². The van der Waals surface area contributed by atoms with Crippen LogP contribution in [0.4, 0.5) is 5.82 Å². The first kappa shape index (κ1) is 22.5. The number of carbonyl (C=O) groups is 2. The zero-order valence-electron chi connectivity index (χ0n) is 19.5. The number of carbonyl (C=O) groups excluding carboxylic acids is 2. The van der Waals surface area contributed by atoms with Crippen LogP contribution in [0, 0.1) is 0 Å². The number of benzene rings is 2. The predicted octanol–water partition coefficient (Wildman–Crippen LogP) is 4.05. The number of ether oxygens (including phenoxy) is 3. The van der Waals surface area contributed by atoms with Crippen LogP contribution in [0.2, 0.25) is 0 Å². The minimum atomic E-state index is -0.964. The molecule has 1 N–H and O–H groups in total. The van der Waals surface area contributed by atoms with E-state index in [4.69, 9.17) is 14.2 Å². The van der Waals surface area contributed by atoms with E-state index in [-0.39, 0.29) is 23.3 Å². The fourth-order valence-corrected chi connectivity index (χ4v) is 4.63. The fraction of sp³-hybridized carbons (Fsp3) is 0.222. The number of aliphatic hydroxyl groups is 1. The molecular weight excluding hydrogens is 448 g/mol. The average molecular weight is 472 g/mol. The molecule has 2 aliphatic heterocycles. The van der Waals surface area contributed by atoms with Crippen LogP contribution in [0.5, 0.6) is 17.2 Å². The van der Waals surface area contributed by atoms with E-state index in [1.807, 2.05) is 6.92 Å². The Morgan fingerprint density at radius 1 is 1.09 bits per heavy atom. The lowest BCUT2D eigenvalue weighted by Crippen LogP contribution is -2.30. The van der Waals surface area contributed by atoms with Gasteiger partial charge >= 0.3 is 5.91 Å². The van der Waals surface area contributed by atoms with Crippen molar-refractivity contribution >= 4 is 23.3 Å². The van der Waals surface area contributed by atoms with E-state index in [9.17, 15) is 14.7 Å². The fourth-order valence-electron chi connectivity index (χ4n) is 4.63. The molecule has 2 aromatic carbocycles. The van der Waals surface area contributed by atoms with Gasteiger partial charge in [-0.3, -0.25) is 14.5 Å². The van der Waals surface area contributed by atoms with Crippen LogP contribution in [0.25, 0.3) is 5.76 Å². The molecule has 35 heavy (non-hydrogen) atoms. The Balaban J connectivity index is 1.72. The van der Waals surface area contributed by atoms with Gasteiger partial charge < -0.3 is 19.3 Å². The number of pyridine rings is 1. The van der Waals surface area contributed by atoms with E-state index < -0.39 is 17.7 Å². The molecule has 2 aliphatic rings. The molecule has 3 aromatic rings. The van der Waals surface area contributed by atoms with Gasteiger partial charge in [0.1, 0.15) is 41.0 Å². The van der Waals surface area contributed by atoms with Crippen molar-refractivity contribution in [3.05, 3.63) is 83.1 Å². The highest BCUT2D eigenvalue weighted by atomic mass is 16.5. The second-order valence-electron chi connectivity index (χ2n) is 8.42. The lowest BCUT2D eigenvalue weighted by Gasteiger charge is -2.26. The van der Waals surface area contributed by atoms with Crippen molar-refractivity contribution in [2.45, 2.75) is 25.5 Å². The summed E-state index contributed by atoms with van der Waals surface area (Å²) < 4.78 is 16.7. The van der Waals surface area contributed by atoms with Crippen LogP contribution in [-0.4, -0.2) is 42.1 Å². The Bertz CT molecular complexity index is 1350. The molecule has 1 aromatic heterocycles. The summed E-state index contributed by atoms with van der Waals surface area (Å²) >= 11 is 0. The minimum Gasteiger partial charge on any atom is -0.507 e. The molecule has 0 saturated carbocycles. The first-order chi connectivity index (χ1) is 16.9. The molecule has 8 nitrogen and oxygen atoms in total. The Morgan fingerprint density at radius 3 is 2.63 bits per heavy atom. The number of aromatic nitrogens is 1. The standard InChI is InChI=1S/C27H24N2O6/c1-15-12-17-13-16(7-10-20(17)35-15)25(30)23-24(19-9-8-18(33-2)14-21(19)34-3)29(27(32)26(23)31)22-6-4-5-11-28-22/h4-11,13-15,24,30H,12H2,1-3H3. The van der Waals surface area contributed by atoms with Gasteiger partial charge in [0.05, 0.1) is 19.8 Å². The second kappa shape index (κ2) is 8.79. The van der Waals surface area contributed by atoms with Crippen LogP contribution >= 0.6 is 0 Å². The van der Waals surface area contributed by atoms with Crippen molar-refractivity contribution in [2.75, 3.05) is 19.1 Å². The lowest BCUT2D eigenvalue weighted by atomic mass is 9.93. The lowest BCUT2D eigenvalue weighted by molar-refractivity contribution is -0.132. The molecular formula is C27H24N2O6. The van der Waals surface area contributed by atoms with E-state index in [2.05, 4.69) is 4.98 Å². The monoisotopic (exact) mass is 472 g/mol. The van der Waals surface area contributed by atoms with Gasteiger partial charge in [0.2, 0.25) is 0 Å². The summed E-state index contributed by atoms with van der Waals surface area (Å²) in [5, 5.41) is 11.4. The number of ketones is 1. The number of hydrogen-bond donors (Lipinski definition) is 1. The third kappa shape index (κ3) is 3.77. The van der Waals surface area contributed by atoms with Crippen molar-refractivity contribution in [2.24, 2.45) is 0 Å². The van der Waals surface area contributed by atoms with E-state index in [0.29, 0.717) is 29.0 Å². The summed E-state index contributed by atoms with van der Waals surface area (Å²) in [6, 6.07) is 14.5. The number of fused-ring (bicyclic) bond motifs is 1. The van der Waals surface area contributed by atoms with Crippen LogP contribution in [0.15, 0.2) is 66.4 Å². The second-order valence-corrected chi connectivity index (χ2v) is 8.42. The molecule has 178 valence electrons. The first-order valence-corrected chi connectivity index (χ1v) is 11.2. The SMILES string of the molecule is COc1ccc(C2C(=C(O)c3ccc4c(c3)CC(C)O4)C(=O)C(=O)N2c2ccccn2)c(OC)c1. The summed E-state index contributed by atoms with van der Waals surface area (Å²) in [7, 11) is 3.03. The maximum absolute atomic E-state index is 13.4. The summed E-state index contributed by atoms with van der Waals surface area (Å²) in [6.45, 7) is 1.97.